The molecule has 0 spiro atoms. The Morgan fingerprint density at radius 1 is 1.28 bits per heavy atom. The molecule has 0 aliphatic carbocycles. The first kappa shape index (κ1) is 24.3. The maximum atomic E-state index is 12.5. The molecule has 7 heteroatoms. The molecule has 2 aliphatic rings. The predicted octanol–water partition coefficient (Wildman–Crippen LogP) is 3.74. The third-order valence-electron chi connectivity index (χ3n) is 4.26. The SMILES string of the molecule is C=N/C=C1/C(=O)N(C)C(N2CCCC2)=NN1CC(C)C.CC.Cc1cccnc1. The smallest absolute Gasteiger partial charge is 0.280 e. The van der Waals surface area contributed by atoms with Crippen LogP contribution in [0.2, 0.25) is 0 Å². The lowest BCUT2D eigenvalue weighted by molar-refractivity contribution is -0.125. The van der Waals surface area contributed by atoms with Gasteiger partial charge < -0.3 is 4.90 Å². The van der Waals surface area contributed by atoms with E-state index < -0.39 is 0 Å². The minimum Gasteiger partial charge on any atom is -0.341 e. The van der Waals surface area contributed by atoms with Crippen molar-refractivity contribution in [3.63, 3.8) is 0 Å². The van der Waals surface area contributed by atoms with Crippen molar-refractivity contribution >= 4 is 18.6 Å². The predicted molar refractivity (Wildman–Crippen MR) is 121 cm³/mol. The molecule has 0 bridgehead atoms. The van der Waals surface area contributed by atoms with E-state index in [2.05, 4.69) is 40.5 Å². The number of hydrazone groups is 1. The van der Waals surface area contributed by atoms with E-state index in [1.807, 2.05) is 39.1 Å². The Hall–Kier alpha value is -2.70. The number of nitrogens with zero attached hydrogens (tertiary/aromatic N) is 6. The molecule has 0 atom stereocenters. The number of aliphatic imine (C=N–C) groups is 1. The fraction of sp³-hybridized carbons (Fsp3) is 0.545. The minimum atomic E-state index is -0.0741. The van der Waals surface area contributed by atoms with Crippen LogP contribution in [0.25, 0.3) is 0 Å². The third kappa shape index (κ3) is 7.33. The number of hydrogen-bond donors (Lipinski definition) is 0. The number of pyridine rings is 1. The largest absolute Gasteiger partial charge is 0.341 e. The van der Waals surface area contributed by atoms with Crippen molar-refractivity contribution in [3.8, 4) is 0 Å². The first-order valence-corrected chi connectivity index (χ1v) is 10.4. The van der Waals surface area contributed by atoms with Crippen LogP contribution in [0.1, 0.15) is 46.1 Å². The van der Waals surface area contributed by atoms with Gasteiger partial charge in [-0.05, 0) is 44.0 Å². The molecule has 3 heterocycles. The summed E-state index contributed by atoms with van der Waals surface area (Å²) < 4.78 is 0. The van der Waals surface area contributed by atoms with E-state index >= 15 is 0 Å². The van der Waals surface area contributed by atoms with E-state index in [0.29, 0.717) is 18.2 Å². The zero-order valence-electron chi connectivity index (χ0n) is 18.8. The summed E-state index contributed by atoms with van der Waals surface area (Å²) in [6.07, 6.45) is 7.41. The summed E-state index contributed by atoms with van der Waals surface area (Å²) in [6, 6.07) is 3.95. The molecule has 29 heavy (non-hydrogen) atoms. The highest BCUT2D eigenvalue weighted by atomic mass is 16.2. The standard InChI is InChI=1S/C14H23N5O.C6H7N.C2H6/c1-11(2)10-19-12(9-15-3)13(20)17(4)14(16-19)18-7-5-6-8-18;1-6-3-2-4-7-5-6;1-2/h9,11H,3,5-8,10H2,1-2,4H3;2-5H,1H3;1-2H3/b12-9-;;. The Bertz CT molecular complexity index is 693. The molecule has 1 amide bonds. The van der Waals surface area contributed by atoms with Crippen LogP contribution in [0.4, 0.5) is 0 Å². The molecule has 0 saturated carbocycles. The average molecular weight is 401 g/mol. The van der Waals surface area contributed by atoms with Gasteiger partial charge in [0.1, 0.15) is 5.70 Å². The normalized spacial score (nSPS) is 17.5. The fourth-order valence-electron chi connectivity index (χ4n) is 2.94. The summed E-state index contributed by atoms with van der Waals surface area (Å²) >= 11 is 0. The Kier molecular flexibility index (Phi) is 10.7. The molecule has 0 radical (unpaired) electrons. The highest BCUT2D eigenvalue weighted by Gasteiger charge is 2.33. The maximum absolute atomic E-state index is 12.5. The number of carbonyl (C=O) groups excluding carboxylic acids is 1. The molecule has 0 N–H and O–H groups in total. The number of carbonyl (C=O) groups is 1. The summed E-state index contributed by atoms with van der Waals surface area (Å²) in [6.45, 7) is 16.3. The van der Waals surface area contributed by atoms with E-state index in [1.54, 1.807) is 23.2 Å². The summed E-state index contributed by atoms with van der Waals surface area (Å²) in [5, 5.41) is 6.42. The van der Waals surface area contributed by atoms with Gasteiger partial charge in [0.05, 0.1) is 6.20 Å². The van der Waals surface area contributed by atoms with Crippen molar-refractivity contribution < 1.29 is 4.79 Å². The number of rotatable bonds is 3. The number of aryl methyl sites for hydroxylation is 1. The van der Waals surface area contributed by atoms with Crippen LogP contribution < -0.4 is 0 Å². The van der Waals surface area contributed by atoms with Gasteiger partial charge in [0, 0.05) is 39.1 Å². The number of amides is 1. The zero-order chi connectivity index (χ0) is 21.8. The van der Waals surface area contributed by atoms with Gasteiger partial charge in [0.15, 0.2) is 0 Å². The van der Waals surface area contributed by atoms with E-state index in [-0.39, 0.29) is 5.91 Å². The summed E-state index contributed by atoms with van der Waals surface area (Å²) in [5.41, 5.74) is 1.70. The molecule has 0 unspecified atom stereocenters. The summed E-state index contributed by atoms with van der Waals surface area (Å²) in [4.78, 5) is 23.9. The molecule has 0 aromatic carbocycles. The Balaban J connectivity index is 0.000000390. The van der Waals surface area contributed by atoms with Gasteiger partial charge in [-0.3, -0.25) is 24.7 Å². The number of likely N-dealkylation sites (tertiary alicyclic amines) is 1. The molecule has 3 rings (SSSR count). The van der Waals surface area contributed by atoms with E-state index in [1.165, 1.54) is 11.8 Å². The summed E-state index contributed by atoms with van der Waals surface area (Å²) in [7, 11) is 1.77. The second kappa shape index (κ2) is 12.7. The van der Waals surface area contributed by atoms with Crippen LogP contribution in [0.3, 0.4) is 0 Å². The molecule has 7 nitrogen and oxygen atoms in total. The number of aromatic nitrogens is 1. The Labute approximate surface area is 175 Å². The van der Waals surface area contributed by atoms with Crippen LogP contribution in [-0.4, -0.2) is 65.1 Å². The second-order valence-corrected chi connectivity index (χ2v) is 7.16. The average Bonchev–Trinajstić information content (AvgIpc) is 3.24. The topological polar surface area (TPSA) is 64.4 Å². The molecular formula is C22H36N6O. The minimum absolute atomic E-state index is 0.0741. The molecule has 2 aliphatic heterocycles. The molecular weight excluding hydrogens is 364 g/mol. The molecule has 1 aromatic heterocycles. The van der Waals surface area contributed by atoms with Gasteiger partial charge in [-0.1, -0.05) is 33.8 Å². The molecule has 1 aromatic rings. The number of guanidine groups is 1. The van der Waals surface area contributed by atoms with Crippen molar-refractivity contribution in [2.45, 2.75) is 47.5 Å². The van der Waals surface area contributed by atoms with Gasteiger partial charge in [0.25, 0.3) is 5.91 Å². The lowest BCUT2D eigenvalue weighted by Gasteiger charge is -2.36. The van der Waals surface area contributed by atoms with Gasteiger partial charge in [-0.25, -0.2) is 0 Å². The number of hydrogen-bond acceptors (Lipinski definition) is 6. The monoisotopic (exact) mass is 400 g/mol. The van der Waals surface area contributed by atoms with E-state index in [9.17, 15) is 4.79 Å². The highest BCUT2D eigenvalue weighted by Crippen LogP contribution is 2.21. The fourth-order valence-corrected chi connectivity index (χ4v) is 2.94. The molecule has 1 saturated heterocycles. The lowest BCUT2D eigenvalue weighted by Crippen LogP contribution is -2.51. The van der Waals surface area contributed by atoms with Crippen LogP contribution in [0.5, 0.6) is 0 Å². The van der Waals surface area contributed by atoms with Crippen molar-refractivity contribution in [1.82, 2.24) is 19.8 Å². The quantitative estimate of drug-likeness (QED) is 0.573. The third-order valence-corrected chi connectivity index (χ3v) is 4.26. The molecule has 1 fully saturated rings. The van der Waals surface area contributed by atoms with Gasteiger partial charge in [0.2, 0.25) is 5.96 Å². The van der Waals surface area contributed by atoms with Crippen LogP contribution in [0.15, 0.2) is 46.5 Å². The number of likely N-dealkylation sites (N-methyl/N-ethyl adjacent to an activating group) is 1. The second-order valence-electron chi connectivity index (χ2n) is 7.16. The van der Waals surface area contributed by atoms with Crippen molar-refractivity contribution in [2.75, 3.05) is 26.7 Å². The summed E-state index contributed by atoms with van der Waals surface area (Å²) in [5.74, 6) is 1.08. The Morgan fingerprint density at radius 2 is 1.93 bits per heavy atom. The maximum Gasteiger partial charge on any atom is 0.280 e. The highest BCUT2D eigenvalue weighted by molar-refractivity contribution is 6.06. The van der Waals surface area contributed by atoms with Crippen LogP contribution in [0, 0.1) is 12.8 Å². The molecule has 160 valence electrons. The van der Waals surface area contributed by atoms with Crippen LogP contribution >= 0.6 is 0 Å². The first-order valence-electron chi connectivity index (χ1n) is 10.4. The van der Waals surface area contributed by atoms with Crippen molar-refractivity contribution in [1.29, 1.82) is 0 Å². The van der Waals surface area contributed by atoms with Crippen molar-refractivity contribution in [2.24, 2.45) is 16.0 Å². The Morgan fingerprint density at radius 3 is 2.38 bits per heavy atom. The van der Waals surface area contributed by atoms with E-state index in [4.69, 9.17) is 0 Å². The van der Waals surface area contributed by atoms with Gasteiger partial charge in [-0.15, -0.1) is 5.10 Å². The van der Waals surface area contributed by atoms with Crippen molar-refractivity contribution in [3.05, 3.63) is 42.0 Å². The van der Waals surface area contributed by atoms with Gasteiger partial charge >= 0.3 is 0 Å². The van der Waals surface area contributed by atoms with Crippen LogP contribution in [-0.2, 0) is 4.79 Å². The lowest BCUT2D eigenvalue weighted by atomic mass is 10.2. The van der Waals surface area contributed by atoms with E-state index in [0.717, 1.165) is 31.9 Å². The van der Waals surface area contributed by atoms with Gasteiger partial charge in [-0.2, -0.15) is 0 Å². The first-order chi connectivity index (χ1) is 13.9. The zero-order valence-corrected chi connectivity index (χ0v) is 18.8.